The fraction of sp³-hybridized carbons (Fsp3) is 0.750. The smallest absolute Gasteiger partial charge is 0.294 e. The Morgan fingerprint density at radius 2 is 1.10 bits per heavy atom. The highest BCUT2D eigenvalue weighted by molar-refractivity contribution is 7.85. The first-order chi connectivity index (χ1) is 14.0. The van der Waals surface area contributed by atoms with Crippen LogP contribution in [0.25, 0.3) is 0 Å². The van der Waals surface area contributed by atoms with Crippen LogP contribution in [0, 0.1) is 0 Å². The Labute approximate surface area is 178 Å². The number of phenols is 1. The Bertz CT molecular complexity index is 640. The molecule has 0 bridgehead atoms. The highest BCUT2D eigenvalue weighted by atomic mass is 32.2. The summed E-state index contributed by atoms with van der Waals surface area (Å²) in [5.74, 6) is -0.0546. The third-order valence-corrected chi connectivity index (χ3v) is 6.60. The third-order valence-electron chi connectivity index (χ3n) is 5.67. The van der Waals surface area contributed by atoms with Gasteiger partial charge < -0.3 is 5.11 Å². The van der Waals surface area contributed by atoms with E-state index in [1.165, 1.54) is 102 Å². The van der Waals surface area contributed by atoms with E-state index in [4.69, 9.17) is 0 Å². The van der Waals surface area contributed by atoms with Crippen LogP contribution >= 0.6 is 0 Å². The van der Waals surface area contributed by atoms with Gasteiger partial charge in [0.25, 0.3) is 10.1 Å². The highest BCUT2D eigenvalue weighted by Gasteiger charge is 2.17. The lowest BCUT2D eigenvalue weighted by atomic mass is 10.0. The van der Waals surface area contributed by atoms with Crippen LogP contribution in [0.3, 0.4) is 0 Å². The molecular weight excluding hydrogens is 384 g/mol. The Balaban J connectivity index is 1.99. The normalized spacial score (nSPS) is 11.8. The molecule has 0 radical (unpaired) electrons. The molecule has 0 aromatic heterocycles. The van der Waals surface area contributed by atoms with Gasteiger partial charge in [-0.2, -0.15) is 8.42 Å². The van der Waals surface area contributed by atoms with Gasteiger partial charge in [0, 0.05) is 5.56 Å². The molecule has 0 saturated carbocycles. The van der Waals surface area contributed by atoms with Crippen LogP contribution in [0.1, 0.15) is 115 Å². The molecule has 0 atom stereocenters. The maximum atomic E-state index is 11.4. The minimum atomic E-state index is -4.29. The highest BCUT2D eigenvalue weighted by Crippen LogP contribution is 2.27. The number of hydrogen-bond donors (Lipinski definition) is 2. The lowest BCUT2D eigenvalue weighted by Gasteiger charge is -2.09. The van der Waals surface area contributed by atoms with Crippen LogP contribution in [0.4, 0.5) is 0 Å². The molecule has 2 N–H and O–H groups in total. The monoisotopic (exact) mass is 426 g/mol. The van der Waals surface area contributed by atoms with Crippen molar-refractivity contribution in [3.63, 3.8) is 0 Å². The predicted molar refractivity (Wildman–Crippen MR) is 121 cm³/mol. The van der Waals surface area contributed by atoms with Crippen molar-refractivity contribution >= 4 is 10.1 Å². The summed E-state index contributed by atoms with van der Waals surface area (Å²) >= 11 is 0. The summed E-state index contributed by atoms with van der Waals surface area (Å²) in [6.07, 6.45) is 21.0. The molecule has 0 amide bonds. The summed E-state index contributed by atoms with van der Waals surface area (Å²) in [7, 11) is -4.29. The molecule has 5 heteroatoms. The Hall–Kier alpha value is -1.07. The van der Waals surface area contributed by atoms with Gasteiger partial charge in [0.15, 0.2) is 0 Å². The fourth-order valence-corrected chi connectivity index (χ4v) is 4.67. The molecule has 1 aromatic carbocycles. The summed E-state index contributed by atoms with van der Waals surface area (Å²) in [6, 6.07) is 4.25. The summed E-state index contributed by atoms with van der Waals surface area (Å²) in [4.78, 5) is -0.168. The first kappa shape index (κ1) is 26.0. The maximum absolute atomic E-state index is 11.4. The van der Waals surface area contributed by atoms with Crippen molar-refractivity contribution < 1.29 is 18.1 Å². The van der Waals surface area contributed by atoms with Gasteiger partial charge in [0.2, 0.25) is 0 Å². The largest absolute Gasteiger partial charge is 0.508 e. The molecule has 4 nitrogen and oxygen atoms in total. The number of unbranched alkanes of at least 4 members (excludes halogenated alkanes) is 15. The van der Waals surface area contributed by atoms with Gasteiger partial charge in [0.1, 0.15) is 10.6 Å². The summed E-state index contributed by atoms with van der Waals surface area (Å²) in [5.41, 5.74) is 0.334. The van der Waals surface area contributed by atoms with Crippen molar-refractivity contribution in [1.82, 2.24) is 0 Å². The maximum Gasteiger partial charge on any atom is 0.294 e. The molecule has 0 spiro atoms. The Kier molecular flexibility index (Phi) is 14.1. The van der Waals surface area contributed by atoms with Gasteiger partial charge in [-0.05, 0) is 25.0 Å². The van der Waals surface area contributed by atoms with Gasteiger partial charge in [-0.1, -0.05) is 109 Å². The van der Waals surface area contributed by atoms with Crippen molar-refractivity contribution in [1.29, 1.82) is 0 Å². The molecule has 1 rings (SSSR count). The van der Waals surface area contributed by atoms with E-state index in [1.54, 1.807) is 0 Å². The van der Waals surface area contributed by atoms with Crippen molar-refractivity contribution in [3.8, 4) is 5.75 Å². The second-order valence-corrected chi connectivity index (χ2v) is 9.67. The first-order valence-corrected chi connectivity index (χ1v) is 13.2. The summed E-state index contributed by atoms with van der Waals surface area (Å²) in [5, 5.41) is 9.90. The van der Waals surface area contributed by atoms with Crippen molar-refractivity contribution in [2.45, 2.75) is 121 Å². The van der Waals surface area contributed by atoms with Gasteiger partial charge >= 0.3 is 0 Å². The van der Waals surface area contributed by atoms with Crippen molar-refractivity contribution in [2.24, 2.45) is 0 Å². The average Bonchev–Trinajstić information content (AvgIpc) is 2.67. The van der Waals surface area contributed by atoms with E-state index in [1.807, 2.05) is 0 Å². The molecule has 29 heavy (non-hydrogen) atoms. The number of phenolic OH excluding ortho intramolecular Hbond substituents is 1. The van der Waals surface area contributed by atoms with Gasteiger partial charge in [0.05, 0.1) is 0 Å². The quantitative estimate of drug-likeness (QED) is 0.189. The van der Waals surface area contributed by atoms with Crippen LogP contribution in [-0.2, 0) is 16.5 Å². The SMILES string of the molecule is CCCCCCCCCCCCCCCCCCc1c(O)cccc1S(=O)(=O)O. The molecule has 0 saturated heterocycles. The van der Waals surface area contributed by atoms with Crippen LogP contribution in [-0.4, -0.2) is 18.1 Å². The minimum Gasteiger partial charge on any atom is -0.508 e. The van der Waals surface area contributed by atoms with E-state index in [0.717, 1.165) is 19.3 Å². The molecule has 0 aliphatic heterocycles. The zero-order valence-electron chi connectivity index (χ0n) is 18.4. The van der Waals surface area contributed by atoms with Crippen LogP contribution in [0.5, 0.6) is 5.75 Å². The third kappa shape index (κ3) is 12.3. The van der Waals surface area contributed by atoms with E-state index in [2.05, 4.69) is 6.92 Å². The van der Waals surface area contributed by atoms with Crippen LogP contribution < -0.4 is 0 Å². The van der Waals surface area contributed by atoms with Gasteiger partial charge in [-0.3, -0.25) is 4.55 Å². The molecular formula is C24H42O4S. The summed E-state index contributed by atoms with van der Waals surface area (Å²) < 4.78 is 32.1. The van der Waals surface area contributed by atoms with Crippen LogP contribution in [0.15, 0.2) is 23.1 Å². The van der Waals surface area contributed by atoms with Gasteiger partial charge in [-0.15, -0.1) is 0 Å². The molecule has 0 heterocycles. The molecule has 0 aliphatic rings. The van der Waals surface area contributed by atoms with E-state index in [-0.39, 0.29) is 10.6 Å². The molecule has 168 valence electrons. The molecule has 0 aliphatic carbocycles. The van der Waals surface area contributed by atoms with E-state index < -0.39 is 10.1 Å². The lowest BCUT2D eigenvalue weighted by molar-refractivity contribution is 0.455. The minimum absolute atomic E-state index is 0.0546. The second kappa shape index (κ2) is 15.7. The zero-order chi connectivity index (χ0) is 21.4. The van der Waals surface area contributed by atoms with E-state index >= 15 is 0 Å². The molecule has 0 unspecified atom stereocenters. The standard InChI is InChI=1S/C24H42O4S/c1-2-3-4-5-6-7-8-9-10-11-12-13-14-15-16-17-19-22-23(25)20-18-21-24(22)29(26,27)28/h18,20-21,25H,2-17,19H2,1H3,(H,26,27,28). The number of aromatic hydroxyl groups is 1. The molecule has 0 fully saturated rings. The fourth-order valence-electron chi connectivity index (χ4n) is 3.90. The Morgan fingerprint density at radius 1 is 0.690 bits per heavy atom. The molecule has 1 aromatic rings. The average molecular weight is 427 g/mol. The predicted octanol–water partition coefficient (Wildman–Crippen LogP) is 7.44. The number of rotatable bonds is 18. The van der Waals surface area contributed by atoms with Crippen molar-refractivity contribution in [3.05, 3.63) is 23.8 Å². The zero-order valence-corrected chi connectivity index (χ0v) is 19.2. The lowest BCUT2D eigenvalue weighted by Crippen LogP contribution is -2.03. The second-order valence-electron chi connectivity index (χ2n) is 8.28. The van der Waals surface area contributed by atoms with Crippen LogP contribution in [0.2, 0.25) is 0 Å². The first-order valence-electron chi connectivity index (χ1n) is 11.7. The van der Waals surface area contributed by atoms with Crippen molar-refractivity contribution in [2.75, 3.05) is 0 Å². The van der Waals surface area contributed by atoms with E-state index in [0.29, 0.717) is 12.0 Å². The number of benzene rings is 1. The summed E-state index contributed by atoms with van der Waals surface area (Å²) in [6.45, 7) is 2.26. The van der Waals surface area contributed by atoms with E-state index in [9.17, 15) is 18.1 Å². The number of hydrogen-bond acceptors (Lipinski definition) is 3. The van der Waals surface area contributed by atoms with Gasteiger partial charge in [-0.25, -0.2) is 0 Å². The Morgan fingerprint density at radius 3 is 1.52 bits per heavy atom. The topological polar surface area (TPSA) is 74.6 Å².